The van der Waals surface area contributed by atoms with Crippen LogP contribution in [0.15, 0.2) is 12.4 Å². The number of carbonyl (C=O) groups is 1. The lowest BCUT2D eigenvalue weighted by molar-refractivity contribution is -0.146. The maximum Gasteiger partial charge on any atom is 0.347 e. The summed E-state index contributed by atoms with van der Waals surface area (Å²) in [4.78, 5) is 14.3. The summed E-state index contributed by atoms with van der Waals surface area (Å²) >= 11 is 0. The van der Waals surface area contributed by atoms with Crippen LogP contribution in [0.3, 0.4) is 0 Å². The molecule has 0 bridgehead atoms. The SMILES string of the molecule is CCCN1C=CN(C)C1C(=O)O. The van der Waals surface area contributed by atoms with Crippen molar-refractivity contribution in [3.63, 3.8) is 0 Å². The third-order valence-electron chi connectivity index (χ3n) is 1.90. The van der Waals surface area contributed by atoms with Gasteiger partial charge in [-0.2, -0.15) is 0 Å². The van der Waals surface area contributed by atoms with Crippen molar-refractivity contribution in [3.8, 4) is 0 Å². The van der Waals surface area contributed by atoms with Crippen LogP contribution in [0.4, 0.5) is 0 Å². The fourth-order valence-corrected chi connectivity index (χ4v) is 1.36. The van der Waals surface area contributed by atoms with Gasteiger partial charge in [-0.1, -0.05) is 6.92 Å². The van der Waals surface area contributed by atoms with Crippen LogP contribution < -0.4 is 0 Å². The monoisotopic (exact) mass is 170 g/mol. The summed E-state index contributed by atoms with van der Waals surface area (Å²) in [5.74, 6) is -0.795. The third-order valence-corrected chi connectivity index (χ3v) is 1.90. The van der Waals surface area contributed by atoms with Crippen LogP contribution in [0.25, 0.3) is 0 Å². The first-order valence-electron chi connectivity index (χ1n) is 4.05. The Bertz CT molecular complexity index is 203. The number of aliphatic carboxylic acids is 1. The van der Waals surface area contributed by atoms with E-state index >= 15 is 0 Å². The number of carboxylic acid groups (broad SMARTS) is 1. The molecule has 0 saturated heterocycles. The Morgan fingerprint density at radius 1 is 1.58 bits per heavy atom. The van der Waals surface area contributed by atoms with E-state index in [-0.39, 0.29) is 0 Å². The number of rotatable bonds is 3. The zero-order valence-electron chi connectivity index (χ0n) is 7.40. The Balaban J connectivity index is 2.63. The fraction of sp³-hybridized carbons (Fsp3) is 0.625. The van der Waals surface area contributed by atoms with Crippen LogP contribution in [0.5, 0.6) is 0 Å². The molecule has 1 unspecified atom stereocenters. The van der Waals surface area contributed by atoms with Crippen molar-refractivity contribution in [2.45, 2.75) is 19.5 Å². The molecule has 0 aliphatic carbocycles. The van der Waals surface area contributed by atoms with Gasteiger partial charge in [-0.15, -0.1) is 0 Å². The Kier molecular flexibility index (Phi) is 2.58. The molecule has 0 aromatic heterocycles. The lowest BCUT2D eigenvalue weighted by Crippen LogP contribution is -2.43. The van der Waals surface area contributed by atoms with Gasteiger partial charge in [-0.3, -0.25) is 0 Å². The fourth-order valence-electron chi connectivity index (χ4n) is 1.36. The first-order valence-corrected chi connectivity index (χ1v) is 4.05. The van der Waals surface area contributed by atoms with Crippen molar-refractivity contribution in [2.75, 3.05) is 13.6 Å². The summed E-state index contributed by atoms with van der Waals surface area (Å²) in [7, 11) is 1.77. The van der Waals surface area contributed by atoms with E-state index in [1.807, 2.05) is 18.0 Å². The molecule has 0 aromatic carbocycles. The number of hydrogen-bond donors (Lipinski definition) is 1. The molecule has 0 spiro atoms. The van der Waals surface area contributed by atoms with Crippen LogP contribution in [0, 0.1) is 0 Å². The van der Waals surface area contributed by atoms with Gasteiger partial charge >= 0.3 is 5.97 Å². The highest BCUT2D eigenvalue weighted by atomic mass is 16.4. The Labute approximate surface area is 72.1 Å². The number of carboxylic acids is 1. The summed E-state index contributed by atoms with van der Waals surface area (Å²) in [6, 6.07) is 0. The molecule has 4 heteroatoms. The molecule has 1 aliphatic rings. The number of nitrogens with zero attached hydrogens (tertiary/aromatic N) is 2. The van der Waals surface area contributed by atoms with Crippen molar-refractivity contribution in [1.82, 2.24) is 9.80 Å². The van der Waals surface area contributed by atoms with Crippen molar-refractivity contribution in [1.29, 1.82) is 0 Å². The molecule has 1 atom stereocenters. The van der Waals surface area contributed by atoms with Crippen LogP contribution in [-0.4, -0.2) is 40.6 Å². The van der Waals surface area contributed by atoms with Gasteiger partial charge in [-0.05, 0) is 6.42 Å². The normalized spacial score (nSPS) is 22.0. The zero-order chi connectivity index (χ0) is 9.14. The van der Waals surface area contributed by atoms with Crippen molar-refractivity contribution >= 4 is 5.97 Å². The average molecular weight is 170 g/mol. The van der Waals surface area contributed by atoms with Gasteiger partial charge in [-0.25, -0.2) is 4.79 Å². The van der Waals surface area contributed by atoms with Crippen LogP contribution in [0.1, 0.15) is 13.3 Å². The van der Waals surface area contributed by atoms with Crippen LogP contribution >= 0.6 is 0 Å². The first-order chi connectivity index (χ1) is 5.66. The minimum atomic E-state index is -0.795. The molecule has 0 fully saturated rings. The minimum absolute atomic E-state index is 0.509. The van der Waals surface area contributed by atoms with E-state index in [1.165, 1.54) is 0 Å². The quantitative estimate of drug-likeness (QED) is 0.671. The predicted molar refractivity (Wildman–Crippen MR) is 45.3 cm³/mol. The van der Waals surface area contributed by atoms with E-state index < -0.39 is 12.1 Å². The largest absolute Gasteiger partial charge is 0.478 e. The highest BCUT2D eigenvalue weighted by Gasteiger charge is 2.29. The second-order valence-corrected chi connectivity index (χ2v) is 2.91. The topological polar surface area (TPSA) is 43.8 Å². The van der Waals surface area contributed by atoms with Gasteiger partial charge in [0, 0.05) is 26.0 Å². The third kappa shape index (κ3) is 1.52. The van der Waals surface area contributed by atoms with E-state index in [4.69, 9.17) is 5.11 Å². The summed E-state index contributed by atoms with van der Waals surface area (Å²) in [6.07, 6.45) is 4.06. The Morgan fingerprint density at radius 2 is 2.25 bits per heavy atom. The molecule has 1 N–H and O–H groups in total. The van der Waals surface area contributed by atoms with E-state index in [1.54, 1.807) is 18.1 Å². The molecule has 4 nitrogen and oxygen atoms in total. The maximum absolute atomic E-state index is 10.8. The maximum atomic E-state index is 10.8. The molecule has 12 heavy (non-hydrogen) atoms. The van der Waals surface area contributed by atoms with E-state index in [0.29, 0.717) is 0 Å². The second-order valence-electron chi connectivity index (χ2n) is 2.91. The highest BCUT2D eigenvalue weighted by molar-refractivity contribution is 5.73. The highest BCUT2D eigenvalue weighted by Crippen LogP contribution is 2.13. The summed E-state index contributed by atoms with van der Waals surface area (Å²) in [5.41, 5.74) is 0. The Hall–Kier alpha value is -1.19. The van der Waals surface area contributed by atoms with Crippen LogP contribution in [-0.2, 0) is 4.79 Å². The predicted octanol–water partition coefficient (Wildman–Crippen LogP) is 0.526. The first kappa shape index (κ1) is 8.90. The van der Waals surface area contributed by atoms with Gasteiger partial charge in [0.2, 0.25) is 6.17 Å². The summed E-state index contributed by atoms with van der Waals surface area (Å²) in [6.45, 7) is 2.82. The van der Waals surface area contributed by atoms with E-state index in [2.05, 4.69) is 0 Å². The molecule has 1 heterocycles. The molecule has 1 aliphatic heterocycles. The van der Waals surface area contributed by atoms with Crippen molar-refractivity contribution in [2.24, 2.45) is 0 Å². The molecule has 68 valence electrons. The molecule has 1 rings (SSSR count). The van der Waals surface area contributed by atoms with E-state index in [0.717, 1.165) is 13.0 Å². The molecular formula is C8H14N2O2. The average Bonchev–Trinajstić information content (AvgIpc) is 2.32. The number of likely N-dealkylation sites (N-methyl/N-ethyl adjacent to an activating group) is 1. The lowest BCUT2D eigenvalue weighted by Gasteiger charge is -2.26. The van der Waals surface area contributed by atoms with Gasteiger partial charge in [0.05, 0.1) is 0 Å². The smallest absolute Gasteiger partial charge is 0.347 e. The van der Waals surface area contributed by atoms with E-state index in [9.17, 15) is 4.79 Å². The second kappa shape index (κ2) is 3.47. The molecule has 0 aromatic rings. The van der Waals surface area contributed by atoms with Crippen molar-refractivity contribution < 1.29 is 9.90 Å². The zero-order valence-corrected chi connectivity index (χ0v) is 7.40. The van der Waals surface area contributed by atoms with Crippen molar-refractivity contribution in [3.05, 3.63) is 12.4 Å². The summed E-state index contributed by atoms with van der Waals surface area (Å²) < 4.78 is 0. The molecule has 0 saturated carbocycles. The van der Waals surface area contributed by atoms with Gasteiger partial charge in [0.25, 0.3) is 0 Å². The molecule has 0 radical (unpaired) electrons. The van der Waals surface area contributed by atoms with Gasteiger partial charge < -0.3 is 14.9 Å². The van der Waals surface area contributed by atoms with Gasteiger partial charge in [0.15, 0.2) is 0 Å². The minimum Gasteiger partial charge on any atom is -0.478 e. The van der Waals surface area contributed by atoms with Crippen LogP contribution in [0.2, 0.25) is 0 Å². The summed E-state index contributed by atoms with van der Waals surface area (Å²) in [5, 5.41) is 8.86. The molecule has 0 amide bonds. The molecular weight excluding hydrogens is 156 g/mol. The lowest BCUT2D eigenvalue weighted by atomic mass is 10.4. The number of hydrogen-bond acceptors (Lipinski definition) is 3. The van der Waals surface area contributed by atoms with Gasteiger partial charge in [0.1, 0.15) is 0 Å². The standard InChI is InChI=1S/C8H14N2O2/c1-3-4-10-6-5-9(2)7(10)8(11)12/h5-7H,3-4H2,1-2H3,(H,11,12). The Morgan fingerprint density at radius 3 is 2.75 bits per heavy atom.